The number of anilines is 1. The Labute approximate surface area is 247 Å². The number of amides is 2. The maximum atomic E-state index is 13.7. The van der Waals surface area contributed by atoms with E-state index >= 15 is 0 Å². The first kappa shape index (κ1) is 30.9. The molecule has 10 heteroatoms. The number of ketones is 1. The molecule has 2 amide bonds. The number of carbonyl (C=O) groups is 3. The highest BCUT2D eigenvalue weighted by atomic mass is 32.2. The topological polar surface area (TPSA) is 125 Å². The van der Waals surface area contributed by atoms with Crippen LogP contribution in [0.2, 0.25) is 0 Å². The molecule has 1 aliphatic rings. The molecule has 0 saturated carbocycles. The quantitative estimate of drug-likeness (QED) is 0.313. The Kier molecular flexibility index (Phi) is 10.1. The molecule has 1 saturated heterocycles. The summed E-state index contributed by atoms with van der Waals surface area (Å²) in [6.07, 6.45) is 3.96. The van der Waals surface area contributed by atoms with E-state index in [-0.39, 0.29) is 34.7 Å². The summed E-state index contributed by atoms with van der Waals surface area (Å²) in [5, 5.41) is 9.07. The van der Waals surface area contributed by atoms with Gasteiger partial charge in [0.1, 0.15) is 0 Å². The Morgan fingerprint density at radius 3 is 2.07 bits per heavy atom. The molecule has 3 atom stereocenters. The van der Waals surface area contributed by atoms with Crippen molar-refractivity contribution in [3.63, 3.8) is 0 Å². The van der Waals surface area contributed by atoms with Crippen molar-refractivity contribution in [1.82, 2.24) is 16.0 Å². The summed E-state index contributed by atoms with van der Waals surface area (Å²) >= 11 is 0. The van der Waals surface area contributed by atoms with E-state index < -0.39 is 27.9 Å². The van der Waals surface area contributed by atoms with Crippen LogP contribution in [-0.2, 0) is 21.2 Å². The van der Waals surface area contributed by atoms with Gasteiger partial charge in [-0.25, -0.2) is 8.42 Å². The van der Waals surface area contributed by atoms with Crippen LogP contribution in [0, 0.1) is 0 Å². The zero-order chi connectivity index (χ0) is 30.3. The summed E-state index contributed by atoms with van der Waals surface area (Å²) < 4.78 is 25.8. The van der Waals surface area contributed by atoms with Gasteiger partial charge >= 0.3 is 0 Å². The van der Waals surface area contributed by atoms with Crippen LogP contribution in [-0.4, -0.2) is 57.9 Å². The van der Waals surface area contributed by atoms with E-state index in [0.717, 1.165) is 41.1 Å². The largest absolute Gasteiger partial charge is 0.346 e. The van der Waals surface area contributed by atoms with Gasteiger partial charge in [0.05, 0.1) is 30.1 Å². The van der Waals surface area contributed by atoms with E-state index in [9.17, 15) is 22.8 Å². The molecule has 3 N–H and O–H groups in total. The lowest BCUT2D eigenvalue weighted by Crippen LogP contribution is -2.52. The zero-order valence-corrected chi connectivity index (χ0v) is 25.0. The Hall–Kier alpha value is -4.02. The molecular weight excluding hydrogens is 552 g/mol. The van der Waals surface area contributed by atoms with E-state index in [4.69, 9.17) is 0 Å². The molecule has 222 valence electrons. The van der Waals surface area contributed by atoms with Crippen LogP contribution >= 0.6 is 0 Å². The zero-order valence-electron chi connectivity index (χ0n) is 24.2. The van der Waals surface area contributed by atoms with Crippen molar-refractivity contribution in [2.24, 2.45) is 0 Å². The van der Waals surface area contributed by atoms with Crippen molar-refractivity contribution in [3.8, 4) is 0 Å². The van der Waals surface area contributed by atoms with Gasteiger partial charge in [-0.1, -0.05) is 67.1 Å². The lowest BCUT2D eigenvalue weighted by atomic mass is 9.92. The third kappa shape index (κ3) is 8.04. The Balaban J connectivity index is 1.64. The highest BCUT2D eigenvalue weighted by Crippen LogP contribution is 2.22. The minimum absolute atomic E-state index is 0.0722. The maximum Gasteiger partial charge on any atom is 0.251 e. The SMILES string of the molecule is C[C@@H](NC(=O)c1cc(C(=O)N[C@@H](Cc2ccccc2)C(=O)[C@H]2CCCCN2)cc(N(C)S(C)(=O)=O)c1)c1ccccc1. The Bertz CT molecular complexity index is 1510. The first-order chi connectivity index (χ1) is 20.0. The molecular formula is C32H38N4O5S. The number of hydrogen-bond acceptors (Lipinski definition) is 6. The molecule has 4 rings (SSSR count). The number of hydrogen-bond donors (Lipinski definition) is 3. The molecule has 1 aliphatic heterocycles. The van der Waals surface area contributed by atoms with Crippen LogP contribution in [0.25, 0.3) is 0 Å². The normalized spacial score (nSPS) is 16.6. The molecule has 3 aromatic rings. The molecule has 3 aromatic carbocycles. The molecule has 0 aromatic heterocycles. The minimum Gasteiger partial charge on any atom is -0.346 e. The van der Waals surface area contributed by atoms with Gasteiger partial charge in [-0.15, -0.1) is 0 Å². The van der Waals surface area contributed by atoms with E-state index in [0.29, 0.717) is 12.8 Å². The molecule has 0 unspecified atom stereocenters. The van der Waals surface area contributed by atoms with Crippen molar-refractivity contribution in [2.75, 3.05) is 24.2 Å². The van der Waals surface area contributed by atoms with Gasteiger partial charge in [-0.2, -0.15) is 0 Å². The summed E-state index contributed by atoms with van der Waals surface area (Å²) in [5.74, 6) is -1.15. The van der Waals surface area contributed by atoms with Crippen LogP contribution < -0.4 is 20.3 Å². The number of piperidine rings is 1. The standard InChI is InChI=1S/C32H38N4O5S/c1-22(24-14-8-5-9-15-24)34-31(38)25-19-26(21-27(20-25)36(2)42(3,40)41)32(39)35-29(18-23-12-6-4-7-13-23)30(37)28-16-10-11-17-33-28/h4-9,12-15,19-22,28-29,33H,10-11,16-18H2,1-3H3,(H,34,38)(H,35,39)/t22-,28-,29+/m1/s1. The lowest BCUT2D eigenvalue weighted by Gasteiger charge is -2.27. The third-order valence-electron chi connectivity index (χ3n) is 7.54. The van der Waals surface area contributed by atoms with Gasteiger partial charge in [0.25, 0.3) is 11.8 Å². The molecule has 1 fully saturated rings. The summed E-state index contributed by atoms with van der Waals surface area (Å²) in [4.78, 5) is 40.6. The third-order valence-corrected chi connectivity index (χ3v) is 8.74. The van der Waals surface area contributed by atoms with E-state index in [2.05, 4.69) is 16.0 Å². The van der Waals surface area contributed by atoms with E-state index in [1.54, 1.807) is 0 Å². The number of sulfonamides is 1. The predicted octanol–water partition coefficient (Wildman–Crippen LogP) is 3.63. The molecule has 1 heterocycles. The van der Waals surface area contributed by atoms with Crippen LogP contribution in [0.4, 0.5) is 5.69 Å². The second kappa shape index (κ2) is 13.8. The van der Waals surface area contributed by atoms with Gasteiger partial charge in [0.15, 0.2) is 5.78 Å². The molecule has 0 aliphatic carbocycles. The Morgan fingerprint density at radius 1 is 0.905 bits per heavy atom. The summed E-state index contributed by atoms with van der Waals surface area (Å²) in [5.41, 5.74) is 2.14. The monoisotopic (exact) mass is 590 g/mol. The first-order valence-electron chi connectivity index (χ1n) is 14.1. The molecule has 9 nitrogen and oxygen atoms in total. The predicted molar refractivity (Wildman–Crippen MR) is 164 cm³/mol. The van der Waals surface area contributed by atoms with Crippen molar-refractivity contribution < 1.29 is 22.8 Å². The summed E-state index contributed by atoms with van der Waals surface area (Å²) in [6.45, 7) is 2.58. The molecule has 42 heavy (non-hydrogen) atoms. The number of carbonyl (C=O) groups excluding carboxylic acids is 3. The molecule has 0 radical (unpaired) electrons. The van der Waals surface area contributed by atoms with Gasteiger partial charge in [-0.05, 0) is 62.1 Å². The van der Waals surface area contributed by atoms with Crippen LogP contribution in [0.1, 0.15) is 64.1 Å². The second-order valence-electron chi connectivity index (χ2n) is 10.7. The smallest absolute Gasteiger partial charge is 0.251 e. The average Bonchev–Trinajstić information content (AvgIpc) is 3.00. The number of rotatable bonds is 11. The second-order valence-corrected chi connectivity index (χ2v) is 12.7. The summed E-state index contributed by atoms with van der Waals surface area (Å²) in [6, 6.07) is 21.6. The van der Waals surface area contributed by atoms with Gasteiger partial charge < -0.3 is 16.0 Å². The minimum atomic E-state index is -3.69. The summed E-state index contributed by atoms with van der Waals surface area (Å²) in [7, 11) is -2.33. The van der Waals surface area contributed by atoms with Gasteiger partial charge in [-0.3, -0.25) is 18.7 Å². The van der Waals surface area contributed by atoms with Crippen molar-refractivity contribution in [3.05, 3.63) is 101 Å². The van der Waals surface area contributed by atoms with Crippen LogP contribution in [0.15, 0.2) is 78.9 Å². The number of nitrogens with one attached hydrogen (secondary N) is 3. The number of benzene rings is 3. The van der Waals surface area contributed by atoms with Crippen molar-refractivity contribution in [1.29, 1.82) is 0 Å². The van der Waals surface area contributed by atoms with Crippen LogP contribution in [0.3, 0.4) is 0 Å². The maximum absolute atomic E-state index is 13.7. The molecule has 0 bridgehead atoms. The Morgan fingerprint density at radius 2 is 1.50 bits per heavy atom. The van der Waals surface area contributed by atoms with Crippen molar-refractivity contribution >= 4 is 33.3 Å². The van der Waals surface area contributed by atoms with Gasteiger partial charge in [0.2, 0.25) is 10.0 Å². The first-order valence-corrected chi connectivity index (χ1v) is 15.9. The van der Waals surface area contributed by atoms with E-state index in [1.807, 2.05) is 67.6 Å². The molecule has 0 spiro atoms. The number of nitrogens with zero attached hydrogens (tertiary/aromatic N) is 1. The fourth-order valence-corrected chi connectivity index (χ4v) is 5.49. The lowest BCUT2D eigenvalue weighted by molar-refractivity contribution is -0.123. The van der Waals surface area contributed by atoms with E-state index in [1.165, 1.54) is 25.2 Å². The fourth-order valence-electron chi connectivity index (χ4n) is 5.00. The van der Waals surface area contributed by atoms with Crippen molar-refractivity contribution in [2.45, 2.75) is 50.7 Å². The number of Topliss-reactive ketones (excluding diaryl/α,β-unsaturated/α-hetero) is 1. The average molecular weight is 591 g/mol. The fraction of sp³-hybridized carbons (Fsp3) is 0.344. The highest BCUT2D eigenvalue weighted by molar-refractivity contribution is 7.92. The van der Waals surface area contributed by atoms with Crippen LogP contribution in [0.5, 0.6) is 0 Å². The highest BCUT2D eigenvalue weighted by Gasteiger charge is 2.30. The van der Waals surface area contributed by atoms with Gasteiger partial charge in [0, 0.05) is 18.2 Å².